The number of rotatable bonds is 13. The van der Waals surface area contributed by atoms with Gasteiger partial charge in [0.25, 0.3) is 0 Å². The summed E-state index contributed by atoms with van der Waals surface area (Å²) in [7, 11) is -12.2. The Bertz CT molecular complexity index is 2010. The first-order chi connectivity index (χ1) is 21.4. The largest absolute Gasteiger partial charge is 0.468 e. The Balaban J connectivity index is 1.79. The first-order valence-corrected chi connectivity index (χ1v) is 17.3. The van der Waals surface area contributed by atoms with E-state index in [9.17, 15) is 30.0 Å². The Morgan fingerprint density at radius 3 is 1.64 bits per heavy atom. The van der Waals surface area contributed by atoms with E-state index in [4.69, 9.17) is 19.5 Å². The van der Waals surface area contributed by atoms with Gasteiger partial charge in [-0.15, -0.1) is 6.42 Å². The topological polar surface area (TPSA) is 150 Å². The summed E-state index contributed by atoms with van der Waals surface area (Å²) < 4.78 is 95.8. The van der Waals surface area contributed by atoms with E-state index >= 15 is 0 Å². The van der Waals surface area contributed by atoms with Crippen LogP contribution >= 0.6 is 0 Å². The van der Waals surface area contributed by atoms with Crippen molar-refractivity contribution in [1.29, 1.82) is 0 Å². The van der Waals surface area contributed by atoms with Crippen molar-refractivity contribution in [2.45, 2.75) is 27.1 Å². The molecule has 1 atom stereocenters. The van der Waals surface area contributed by atoms with Crippen LogP contribution in [0.2, 0.25) is 0 Å². The minimum Gasteiger partial charge on any atom is -0.468 e. The van der Waals surface area contributed by atoms with E-state index in [0.29, 0.717) is 0 Å². The maximum atomic E-state index is 13.6. The molecule has 0 N–H and O–H groups in total. The molecule has 0 bridgehead atoms. The van der Waals surface area contributed by atoms with Crippen molar-refractivity contribution in [2.75, 3.05) is 13.7 Å². The smallest absolute Gasteiger partial charge is 0.339 e. The summed E-state index contributed by atoms with van der Waals surface area (Å²) in [6, 6.07) is 23.7. The van der Waals surface area contributed by atoms with Gasteiger partial charge in [-0.3, -0.25) is 4.79 Å². The maximum absolute atomic E-state index is 13.6. The Hall–Kier alpha value is -4.68. The molecule has 0 aliphatic heterocycles. The van der Waals surface area contributed by atoms with E-state index in [1.807, 2.05) is 0 Å². The van der Waals surface area contributed by atoms with Gasteiger partial charge in [-0.25, -0.2) is 8.42 Å². The van der Waals surface area contributed by atoms with Gasteiger partial charge in [0, 0.05) is 0 Å². The third-order valence-electron chi connectivity index (χ3n) is 6.32. The monoisotopic (exact) mass is 669 g/mol. The lowest BCUT2D eigenvalue weighted by Gasteiger charge is -2.28. The standard InChI is InChI=1S/C31H27NO10S3/c1-3-21-32(43(34,35)25-13-7-4-8-14-25)28(31(33)40-2)22-24-19-20-29(41-44(36,37)26-15-9-5-10-16-26)30(23-24)42-45(38,39)27-17-11-6-12-18-27/h1,4-20,23,28H,21-22H2,2H3/t28-/m0/s1. The zero-order valence-electron chi connectivity index (χ0n) is 23.7. The Kier molecular flexibility index (Phi) is 10.3. The van der Waals surface area contributed by atoms with E-state index in [1.54, 1.807) is 18.2 Å². The lowest BCUT2D eigenvalue weighted by atomic mass is 10.1. The first kappa shape index (κ1) is 33.2. The van der Waals surface area contributed by atoms with E-state index in [2.05, 4.69) is 5.92 Å². The number of esters is 1. The van der Waals surface area contributed by atoms with Gasteiger partial charge in [-0.2, -0.15) is 21.1 Å². The molecule has 0 radical (unpaired) electrons. The highest BCUT2D eigenvalue weighted by Crippen LogP contribution is 2.34. The zero-order chi connectivity index (χ0) is 32.7. The second-order valence-corrected chi connectivity index (χ2v) is 14.3. The van der Waals surface area contributed by atoms with Gasteiger partial charge in [0.15, 0.2) is 11.5 Å². The number of hydrogen-bond acceptors (Lipinski definition) is 10. The number of carbonyl (C=O) groups is 1. The molecule has 11 nitrogen and oxygen atoms in total. The van der Waals surface area contributed by atoms with Crippen LogP contribution in [0.3, 0.4) is 0 Å². The fourth-order valence-corrected chi connectivity index (χ4v) is 7.59. The Morgan fingerprint density at radius 1 is 0.711 bits per heavy atom. The Morgan fingerprint density at radius 2 is 1.18 bits per heavy atom. The van der Waals surface area contributed by atoms with Crippen molar-refractivity contribution >= 4 is 36.2 Å². The molecule has 0 aliphatic carbocycles. The quantitative estimate of drug-likeness (QED) is 0.117. The molecule has 4 aromatic carbocycles. The van der Waals surface area contributed by atoms with Crippen molar-refractivity contribution in [3.63, 3.8) is 0 Å². The lowest BCUT2D eigenvalue weighted by molar-refractivity contribution is -0.145. The molecule has 0 amide bonds. The molecule has 4 aromatic rings. The van der Waals surface area contributed by atoms with Gasteiger partial charge >= 0.3 is 26.2 Å². The molecule has 4 rings (SSSR count). The summed E-state index contributed by atoms with van der Waals surface area (Å²) in [5.41, 5.74) is 0.165. The number of sulfonamides is 1. The second kappa shape index (κ2) is 14.0. The summed E-state index contributed by atoms with van der Waals surface area (Å²) in [4.78, 5) is 12.4. The number of benzene rings is 4. The van der Waals surface area contributed by atoms with Crippen molar-refractivity contribution < 1.29 is 43.2 Å². The highest BCUT2D eigenvalue weighted by molar-refractivity contribution is 7.89. The van der Waals surface area contributed by atoms with Gasteiger partial charge in [0.05, 0.1) is 18.6 Å². The van der Waals surface area contributed by atoms with Crippen molar-refractivity contribution in [1.82, 2.24) is 4.31 Å². The van der Waals surface area contributed by atoms with Crippen LogP contribution in [0.5, 0.6) is 11.5 Å². The zero-order valence-corrected chi connectivity index (χ0v) is 26.2. The van der Waals surface area contributed by atoms with Crippen LogP contribution in [-0.4, -0.2) is 55.2 Å². The molecule has 234 valence electrons. The number of carbonyl (C=O) groups excluding carboxylic acids is 1. The van der Waals surface area contributed by atoms with Crippen molar-refractivity contribution in [3.8, 4) is 23.8 Å². The Labute approximate surface area is 262 Å². The fraction of sp³-hybridized carbons (Fsp3) is 0.129. The molecule has 0 unspecified atom stereocenters. The third-order valence-corrected chi connectivity index (χ3v) is 10.7. The average molecular weight is 670 g/mol. The van der Waals surface area contributed by atoms with Crippen molar-refractivity contribution in [2.24, 2.45) is 0 Å². The number of terminal acetylenes is 1. The van der Waals surface area contributed by atoms with Crippen LogP contribution in [0, 0.1) is 12.3 Å². The summed E-state index contributed by atoms with van der Waals surface area (Å²) in [5, 5.41) is 0. The van der Waals surface area contributed by atoms with Gasteiger partial charge in [0.2, 0.25) is 10.0 Å². The number of ether oxygens (including phenoxy) is 1. The molecule has 0 saturated heterocycles. The molecular weight excluding hydrogens is 643 g/mol. The summed E-state index contributed by atoms with van der Waals surface area (Å²) in [6.07, 6.45) is 5.12. The van der Waals surface area contributed by atoms with E-state index in [-0.39, 0.29) is 26.7 Å². The highest BCUT2D eigenvalue weighted by atomic mass is 32.2. The van der Waals surface area contributed by atoms with Crippen LogP contribution in [0.25, 0.3) is 0 Å². The number of methoxy groups -OCH3 is 1. The number of nitrogens with zero attached hydrogens (tertiary/aromatic N) is 1. The van der Waals surface area contributed by atoms with Crippen LogP contribution in [0.1, 0.15) is 5.56 Å². The molecule has 0 spiro atoms. The van der Waals surface area contributed by atoms with E-state index < -0.39 is 60.3 Å². The molecule has 0 heterocycles. The second-order valence-electron chi connectivity index (χ2n) is 9.29. The SMILES string of the molecule is C#CCN([C@@H](Cc1ccc(OS(=O)(=O)c2ccccc2)c(OS(=O)(=O)c2ccccc2)c1)C(=O)OC)S(=O)(=O)c1ccccc1. The highest BCUT2D eigenvalue weighted by Gasteiger charge is 2.37. The van der Waals surface area contributed by atoms with Crippen LogP contribution in [0.4, 0.5) is 0 Å². The molecule has 14 heteroatoms. The predicted octanol–water partition coefficient (Wildman–Crippen LogP) is 3.63. The summed E-state index contributed by atoms with van der Waals surface area (Å²) >= 11 is 0. The molecule has 0 aromatic heterocycles. The van der Waals surface area contributed by atoms with Gasteiger partial charge in [0.1, 0.15) is 15.8 Å². The summed E-state index contributed by atoms with van der Waals surface area (Å²) in [6.45, 7) is -0.501. The van der Waals surface area contributed by atoms with Crippen LogP contribution in [0.15, 0.2) is 124 Å². The predicted molar refractivity (Wildman–Crippen MR) is 164 cm³/mol. The van der Waals surface area contributed by atoms with Crippen LogP contribution < -0.4 is 8.37 Å². The third kappa shape index (κ3) is 7.89. The van der Waals surface area contributed by atoms with Crippen LogP contribution in [-0.2, 0) is 46.2 Å². The van der Waals surface area contributed by atoms with Gasteiger partial charge in [-0.05, 0) is 60.5 Å². The van der Waals surface area contributed by atoms with Gasteiger partial charge in [-0.1, -0.05) is 66.6 Å². The minimum atomic E-state index is -4.51. The molecule has 0 saturated carbocycles. The minimum absolute atomic E-state index is 0.123. The van der Waals surface area contributed by atoms with Gasteiger partial charge < -0.3 is 13.1 Å². The molecule has 0 aliphatic rings. The molecular formula is C31H27NO10S3. The lowest BCUT2D eigenvalue weighted by Crippen LogP contribution is -2.47. The summed E-state index contributed by atoms with van der Waals surface area (Å²) in [5.74, 6) is 0.289. The molecule has 0 fully saturated rings. The van der Waals surface area contributed by atoms with Crippen molar-refractivity contribution in [3.05, 3.63) is 115 Å². The van der Waals surface area contributed by atoms with E-state index in [1.165, 1.54) is 78.9 Å². The molecule has 45 heavy (non-hydrogen) atoms. The normalized spacial score (nSPS) is 12.6. The first-order valence-electron chi connectivity index (χ1n) is 13.1. The maximum Gasteiger partial charge on any atom is 0.339 e. The average Bonchev–Trinajstić information content (AvgIpc) is 3.04. The fourth-order valence-electron chi connectivity index (χ4n) is 4.16. The number of hydrogen-bond donors (Lipinski definition) is 0. The van der Waals surface area contributed by atoms with E-state index in [0.717, 1.165) is 23.5 Å².